The molecule has 2 fully saturated rings. The maximum absolute atomic E-state index is 13.7. The van der Waals surface area contributed by atoms with Crippen LogP contribution < -0.4 is 20.9 Å². The number of nitriles is 1. The van der Waals surface area contributed by atoms with Crippen molar-refractivity contribution in [2.24, 2.45) is 7.05 Å². The molecule has 12 heteroatoms. The van der Waals surface area contributed by atoms with E-state index in [4.69, 9.17) is 4.98 Å². The summed E-state index contributed by atoms with van der Waals surface area (Å²) in [5, 5.41) is 33.5. The third kappa shape index (κ3) is 6.95. The molecule has 0 bridgehead atoms. The maximum atomic E-state index is 13.7. The lowest BCUT2D eigenvalue weighted by Crippen LogP contribution is -2.49. The predicted octanol–water partition coefficient (Wildman–Crippen LogP) is 4.22. The van der Waals surface area contributed by atoms with E-state index in [1.165, 1.54) is 6.20 Å². The van der Waals surface area contributed by atoms with Crippen molar-refractivity contribution in [1.82, 2.24) is 30.0 Å². The lowest BCUT2D eigenvalue weighted by atomic mass is 9.90. The molecule has 1 aromatic carbocycles. The fourth-order valence-corrected chi connectivity index (χ4v) is 5.48. The largest absolute Gasteiger partial charge is 0.388 e. The van der Waals surface area contributed by atoms with Gasteiger partial charge in [0.05, 0.1) is 18.0 Å². The summed E-state index contributed by atoms with van der Waals surface area (Å²) in [7, 11) is 1.87. The lowest BCUT2D eigenvalue weighted by Gasteiger charge is -2.36. The molecular formula is C32H36N10O2. The van der Waals surface area contributed by atoms with Gasteiger partial charge in [0.1, 0.15) is 23.3 Å². The fourth-order valence-electron chi connectivity index (χ4n) is 5.48. The van der Waals surface area contributed by atoms with E-state index in [0.717, 1.165) is 55.2 Å². The first kappa shape index (κ1) is 29.1. The Balaban J connectivity index is 1.13. The number of amides is 2. The van der Waals surface area contributed by atoms with Crippen LogP contribution in [-0.4, -0.2) is 60.1 Å². The summed E-state index contributed by atoms with van der Waals surface area (Å²) in [5.41, 5.74) is 2.54. The molecule has 3 heterocycles. The van der Waals surface area contributed by atoms with Crippen LogP contribution in [0.25, 0.3) is 11.1 Å². The van der Waals surface area contributed by atoms with Crippen molar-refractivity contribution in [3.63, 3.8) is 0 Å². The molecule has 4 aromatic rings. The quantitative estimate of drug-likeness (QED) is 0.212. The fraction of sp³-hybridized carbons (Fsp3) is 0.375. The highest BCUT2D eigenvalue weighted by Gasteiger charge is 2.40. The first-order chi connectivity index (χ1) is 21.4. The number of nitrogens with one attached hydrogen (secondary N) is 3. The van der Waals surface area contributed by atoms with E-state index in [1.807, 2.05) is 55.7 Å². The minimum absolute atomic E-state index is 0.0426. The van der Waals surface area contributed by atoms with E-state index in [9.17, 15) is 15.2 Å². The van der Waals surface area contributed by atoms with Crippen molar-refractivity contribution in [2.45, 2.75) is 62.8 Å². The molecule has 226 valence electrons. The molecule has 2 amide bonds. The van der Waals surface area contributed by atoms with E-state index < -0.39 is 5.60 Å². The lowest BCUT2D eigenvalue weighted by molar-refractivity contribution is 0.164. The van der Waals surface area contributed by atoms with Gasteiger partial charge in [0.25, 0.3) is 0 Å². The number of pyridine rings is 1. The summed E-state index contributed by atoms with van der Waals surface area (Å²) >= 11 is 0. The monoisotopic (exact) mass is 592 g/mol. The van der Waals surface area contributed by atoms with Crippen LogP contribution in [0.3, 0.4) is 0 Å². The van der Waals surface area contributed by atoms with Crippen molar-refractivity contribution in [3.05, 3.63) is 78.4 Å². The van der Waals surface area contributed by atoms with E-state index in [-0.39, 0.29) is 18.1 Å². The summed E-state index contributed by atoms with van der Waals surface area (Å²) in [6.45, 7) is 0.771. The molecule has 0 saturated heterocycles. The predicted molar refractivity (Wildman–Crippen MR) is 167 cm³/mol. The normalized spacial score (nSPS) is 18.6. The van der Waals surface area contributed by atoms with Gasteiger partial charge in [-0.25, -0.2) is 14.8 Å². The Bertz CT molecular complexity index is 1620. The van der Waals surface area contributed by atoms with Crippen LogP contribution in [0.15, 0.2) is 67.3 Å². The van der Waals surface area contributed by atoms with Gasteiger partial charge in [-0.15, -0.1) is 0 Å². The van der Waals surface area contributed by atoms with Crippen molar-refractivity contribution in [3.8, 4) is 17.2 Å². The number of hydrogen-bond acceptors (Lipinski definition) is 9. The SMILES string of the molecule is Cn1cc(-c2ccc(N(C(=O)NCc3ccccc3)C3CCC(Nc4ncc(C#N)c(NCC5(O)CC5)n4)CC3)nc2)cn1. The van der Waals surface area contributed by atoms with Gasteiger partial charge in [0.2, 0.25) is 5.95 Å². The average Bonchev–Trinajstić information content (AvgIpc) is 3.64. The zero-order valence-corrected chi connectivity index (χ0v) is 24.6. The molecule has 6 rings (SSSR count). The van der Waals surface area contributed by atoms with Crippen molar-refractivity contribution in [2.75, 3.05) is 22.1 Å². The number of carbonyl (C=O) groups excluding carboxylic acids is 1. The third-order valence-electron chi connectivity index (χ3n) is 8.25. The van der Waals surface area contributed by atoms with Crippen LogP contribution in [0, 0.1) is 11.3 Å². The number of benzene rings is 1. The molecule has 2 aliphatic carbocycles. The van der Waals surface area contributed by atoms with Gasteiger partial charge in [-0.1, -0.05) is 30.3 Å². The number of carbonyl (C=O) groups is 1. The number of urea groups is 1. The van der Waals surface area contributed by atoms with Crippen LogP contribution in [0.1, 0.15) is 49.7 Å². The van der Waals surface area contributed by atoms with Crippen molar-refractivity contribution in [1.29, 1.82) is 5.26 Å². The van der Waals surface area contributed by atoms with E-state index >= 15 is 0 Å². The Kier molecular flexibility index (Phi) is 8.38. The molecule has 2 aliphatic rings. The Hall–Kier alpha value is -5.02. The molecule has 4 N–H and O–H groups in total. The van der Waals surface area contributed by atoms with Crippen LogP contribution in [0.2, 0.25) is 0 Å². The summed E-state index contributed by atoms with van der Waals surface area (Å²) in [5.74, 6) is 1.45. The number of aryl methyl sites for hydroxylation is 1. The minimum Gasteiger partial charge on any atom is -0.388 e. The van der Waals surface area contributed by atoms with Gasteiger partial charge in [-0.3, -0.25) is 9.58 Å². The van der Waals surface area contributed by atoms with Crippen LogP contribution in [0.4, 0.5) is 22.4 Å². The molecular weight excluding hydrogens is 556 g/mol. The minimum atomic E-state index is -0.711. The van der Waals surface area contributed by atoms with E-state index in [2.05, 4.69) is 37.1 Å². The smallest absolute Gasteiger partial charge is 0.323 e. The highest BCUT2D eigenvalue weighted by molar-refractivity contribution is 5.91. The number of aliphatic hydroxyl groups is 1. The highest BCUT2D eigenvalue weighted by Crippen LogP contribution is 2.35. The molecule has 12 nitrogen and oxygen atoms in total. The van der Waals surface area contributed by atoms with Gasteiger partial charge >= 0.3 is 6.03 Å². The molecule has 0 unspecified atom stereocenters. The van der Waals surface area contributed by atoms with Gasteiger partial charge < -0.3 is 21.1 Å². The van der Waals surface area contributed by atoms with E-state index in [1.54, 1.807) is 22.0 Å². The highest BCUT2D eigenvalue weighted by atomic mass is 16.3. The first-order valence-corrected chi connectivity index (χ1v) is 15.0. The molecule has 0 aliphatic heterocycles. The van der Waals surface area contributed by atoms with Crippen LogP contribution >= 0.6 is 0 Å². The second-order valence-electron chi connectivity index (χ2n) is 11.6. The topological polar surface area (TPSA) is 157 Å². The summed E-state index contributed by atoms with van der Waals surface area (Å²) in [6, 6.07) is 15.7. The Morgan fingerprint density at radius 2 is 1.86 bits per heavy atom. The van der Waals surface area contributed by atoms with Crippen LogP contribution in [-0.2, 0) is 13.6 Å². The Morgan fingerprint density at radius 3 is 2.52 bits per heavy atom. The van der Waals surface area contributed by atoms with Gasteiger partial charge in [0, 0.05) is 55.7 Å². The molecule has 0 spiro atoms. The molecule has 3 aromatic heterocycles. The van der Waals surface area contributed by atoms with Gasteiger partial charge in [-0.2, -0.15) is 15.3 Å². The zero-order valence-electron chi connectivity index (χ0n) is 24.6. The number of aromatic nitrogens is 5. The average molecular weight is 593 g/mol. The van der Waals surface area contributed by atoms with E-state index in [0.29, 0.717) is 36.2 Å². The van der Waals surface area contributed by atoms with Gasteiger partial charge in [0.15, 0.2) is 0 Å². The number of hydrogen-bond donors (Lipinski definition) is 4. The number of anilines is 3. The Morgan fingerprint density at radius 1 is 1.07 bits per heavy atom. The first-order valence-electron chi connectivity index (χ1n) is 15.0. The van der Waals surface area contributed by atoms with Crippen molar-refractivity contribution < 1.29 is 9.90 Å². The maximum Gasteiger partial charge on any atom is 0.323 e. The zero-order chi connectivity index (χ0) is 30.5. The second kappa shape index (κ2) is 12.7. The van der Waals surface area contributed by atoms with Crippen molar-refractivity contribution >= 4 is 23.6 Å². The summed E-state index contributed by atoms with van der Waals surface area (Å²) in [4.78, 5) is 29.0. The molecule has 2 saturated carbocycles. The second-order valence-corrected chi connectivity index (χ2v) is 11.6. The standard InChI is InChI=1S/C32H36N10O2/c1-41-20-25(19-38-41)23-7-12-28(34-17-23)42(31(43)36-16-22-5-3-2-4-6-22)27-10-8-26(9-11-27)39-30-35-18-24(15-33)29(40-30)37-21-32(44)13-14-32/h2-7,12,17-20,26-27,44H,8-11,13-14,16,21H2,1H3,(H,36,43)(H2,35,37,39,40). The molecule has 0 atom stereocenters. The summed E-state index contributed by atoms with van der Waals surface area (Å²) in [6.07, 6.45) is 11.6. The molecule has 44 heavy (non-hydrogen) atoms. The van der Waals surface area contributed by atoms with Crippen LogP contribution in [0.5, 0.6) is 0 Å². The molecule has 0 radical (unpaired) electrons. The Labute approximate surface area is 256 Å². The third-order valence-corrected chi connectivity index (χ3v) is 8.25. The van der Waals surface area contributed by atoms with Gasteiger partial charge in [-0.05, 0) is 56.2 Å². The number of nitrogens with zero attached hydrogens (tertiary/aromatic N) is 7. The number of rotatable bonds is 10. The summed E-state index contributed by atoms with van der Waals surface area (Å²) < 4.78 is 1.75.